The van der Waals surface area contributed by atoms with Gasteiger partial charge in [0.25, 0.3) is 0 Å². The van der Waals surface area contributed by atoms with Crippen molar-refractivity contribution in [1.82, 2.24) is 15.4 Å². The van der Waals surface area contributed by atoms with Gasteiger partial charge in [-0.2, -0.15) is 10.3 Å². The van der Waals surface area contributed by atoms with E-state index in [2.05, 4.69) is 38.0 Å². The van der Waals surface area contributed by atoms with E-state index in [1.165, 1.54) is 6.07 Å². The third-order valence-electron chi connectivity index (χ3n) is 2.22. The van der Waals surface area contributed by atoms with Crippen molar-refractivity contribution in [2.45, 2.75) is 6.92 Å². The van der Waals surface area contributed by atoms with Crippen LogP contribution in [0.25, 0.3) is 11.3 Å². The molecule has 1 aromatic heterocycles. The van der Waals surface area contributed by atoms with Gasteiger partial charge in [0.15, 0.2) is 5.69 Å². The zero-order valence-corrected chi connectivity index (χ0v) is 11.6. The van der Waals surface area contributed by atoms with Crippen LogP contribution in [-0.2, 0) is 4.74 Å². The van der Waals surface area contributed by atoms with Crippen LogP contribution in [0, 0.1) is 3.57 Å². The molecule has 0 atom stereocenters. The molecule has 0 saturated heterocycles. The van der Waals surface area contributed by atoms with Crippen molar-refractivity contribution in [2.75, 3.05) is 6.61 Å². The predicted molar refractivity (Wildman–Crippen MR) is 72.2 cm³/mol. The largest absolute Gasteiger partial charge is 0.508 e. The van der Waals surface area contributed by atoms with Crippen molar-refractivity contribution in [2.24, 2.45) is 0 Å². The first-order chi connectivity index (χ1) is 8.63. The van der Waals surface area contributed by atoms with Crippen molar-refractivity contribution >= 4 is 28.6 Å². The maximum Gasteiger partial charge on any atom is 0.361 e. The van der Waals surface area contributed by atoms with Crippen LogP contribution < -0.4 is 0 Å². The Labute approximate surface area is 116 Å². The van der Waals surface area contributed by atoms with E-state index in [0.29, 0.717) is 11.3 Å². The number of aromatic amines is 1. The lowest BCUT2D eigenvalue weighted by Crippen LogP contribution is -2.07. The van der Waals surface area contributed by atoms with E-state index in [1.807, 2.05) is 0 Å². The Kier molecular flexibility index (Phi) is 3.80. The van der Waals surface area contributed by atoms with E-state index in [4.69, 9.17) is 4.74 Å². The smallest absolute Gasteiger partial charge is 0.361 e. The van der Waals surface area contributed by atoms with Crippen LogP contribution in [0.4, 0.5) is 0 Å². The van der Waals surface area contributed by atoms with Gasteiger partial charge in [0, 0.05) is 9.13 Å². The predicted octanol–water partition coefficient (Wildman–Crippen LogP) is 1.96. The molecule has 0 aliphatic heterocycles. The molecule has 0 aliphatic rings. The first-order valence-corrected chi connectivity index (χ1v) is 6.28. The Morgan fingerprint density at radius 2 is 2.28 bits per heavy atom. The second-order valence-corrected chi connectivity index (χ2v) is 4.57. The summed E-state index contributed by atoms with van der Waals surface area (Å²) in [6.45, 7) is 1.98. The van der Waals surface area contributed by atoms with E-state index < -0.39 is 5.97 Å². The number of carbonyl (C=O) groups excluding carboxylic acids is 1. The Balaban J connectivity index is 2.48. The van der Waals surface area contributed by atoms with Gasteiger partial charge in [0.2, 0.25) is 0 Å². The van der Waals surface area contributed by atoms with E-state index in [1.54, 1.807) is 19.1 Å². The number of H-pyrrole nitrogens is 1. The lowest BCUT2D eigenvalue weighted by molar-refractivity contribution is 0.0520. The number of aromatic hydroxyl groups is 1. The Morgan fingerprint density at radius 3 is 3.00 bits per heavy atom. The summed E-state index contributed by atoms with van der Waals surface area (Å²) >= 11 is 2.09. The fourth-order valence-electron chi connectivity index (χ4n) is 1.46. The molecule has 0 fully saturated rings. The second kappa shape index (κ2) is 5.34. The lowest BCUT2D eigenvalue weighted by Gasteiger charge is -2.04. The number of halogens is 1. The monoisotopic (exact) mass is 359 g/mol. The first kappa shape index (κ1) is 12.8. The number of nitrogens with one attached hydrogen (secondary N) is 1. The standard InChI is InChI=1S/C11H10IN3O3/c1-2-18-11(17)10-9(13-15-14-10)7-5-6(16)3-4-8(7)12/h3-5,16H,2H2,1H3,(H,13,14,15). The van der Waals surface area contributed by atoms with Gasteiger partial charge in [-0.05, 0) is 47.7 Å². The normalized spacial score (nSPS) is 10.3. The summed E-state index contributed by atoms with van der Waals surface area (Å²) in [6, 6.07) is 4.83. The SMILES string of the molecule is CCOC(=O)c1n[nH]nc1-c1cc(O)ccc1I. The van der Waals surface area contributed by atoms with Crippen molar-refractivity contribution < 1.29 is 14.6 Å². The molecule has 94 valence electrons. The molecule has 0 aliphatic carbocycles. The van der Waals surface area contributed by atoms with Crippen molar-refractivity contribution in [1.29, 1.82) is 0 Å². The van der Waals surface area contributed by atoms with Crippen LogP contribution in [0.2, 0.25) is 0 Å². The highest BCUT2D eigenvalue weighted by Gasteiger charge is 2.20. The maximum atomic E-state index is 11.7. The molecule has 0 spiro atoms. The zero-order chi connectivity index (χ0) is 13.1. The molecule has 18 heavy (non-hydrogen) atoms. The summed E-state index contributed by atoms with van der Waals surface area (Å²) in [5.41, 5.74) is 1.11. The van der Waals surface area contributed by atoms with Crippen molar-refractivity contribution in [3.8, 4) is 17.0 Å². The third kappa shape index (κ3) is 2.45. The van der Waals surface area contributed by atoms with Gasteiger partial charge in [0.1, 0.15) is 11.4 Å². The van der Waals surface area contributed by atoms with E-state index in [0.717, 1.165) is 3.57 Å². The van der Waals surface area contributed by atoms with Gasteiger partial charge in [-0.1, -0.05) is 0 Å². The number of nitrogens with zero attached hydrogens (tertiary/aromatic N) is 2. The van der Waals surface area contributed by atoms with Crippen LogP contribution in [-0.4, -0.2) is 33.1 Å². The van der Waals surface area contributed by atoms with Crippen LogP contribution in [0.3, 0.4) is 0 Å². The fraction of sp³-hybridized carbons (Fsp3) is 0.182. The number of ether oxygens (including phenoxy) is 1. The van der Waals surface area contributed by atoms with E-state index in [-0.39, 0.29) is 18.1 Å². The number of phenols is 1. The molecular weight excluding hydrogens is 349 g/mol. The third-order valence-corrected chi connectivity index (χ3v) is 3.16. The Hall–Kier alpha value is -1.64. The van der Waals surface area contributed by atoms with Crippen molar-refractivity contribution in [3.05, 3.63) is 27.5 Å². The van der Waals surface area contributed by atoms with Gasteiger partial charge < -0.3 is 9.84 Å². The number of hydrogen-bond donors (Lipinski definition) is 2. The second-order valence-electron chi connectivity index (χ2n) is 3.41. The van der Waals surface area contributed by atoms with Crippen LogP contribution in [0.1, 0.15) is 17.4 Å². The number of aromatic nitrogens is 3. The fourth-order valence-corrected chi connectivity index (χ4v) is 2.05. The topological polar surface area (TPSA) is 88.1 Å². The molecule has 0 amide bonds. The van der Waals surface area contributed by atoms with Gasteiger partial charge in [-0.25, -0.2) is 4.79 Å². The van der Waals surface area contributed by atoms with Gasteiger partial charge in [0.05, 0.1) is 6.61 Å². The summed E-state index contributed by atoms with van der Waals surface area (Å²) in [5.74, 6) is -0.441. The molecule has 6 nitrogen and oxygen atoms in total. The summed E-state index contributed by atoms with van der Waals surface area (Å²) in [5, 5.41) is 19.6. The van der Waals surface area contributed by atoms with Gasteiger partial charge in [-0.15, -0.1) is 5.10 Å². The molecule has 7 heteroatoms. The van der Waals surface area contributed by atoms with Crippen molar-refractivity contribution in [3.63, 3.8) is 0 Å². The zero-order valence-electron chi connectivity index (χ0n) is 9.48. The minimum Gasteiger partial charge on any atom is -0.508 e. The average molecular weight is 359 g/mol. The average Bonchev–Trinajstić information content (AvgIpc) is 2.81. The van der Waals surface area contributed by atoms with Gasteiger partial charge in [-0.3, -0.25) is 0 Å². The van der Waals surface area contributed by atoms with E-state index >= 15 is 0 Å². The Morgan fingerprint density at radius 1 is 1.50 bits per heavy atom. The first-order valence-electron chi connectivity index (χ1n) is 5.20. The molecule has 2 aromatic rings. The molecule has 0 bridgehead atoms. The Bertz CT molecular complexity index is 583. The molecule has 2 rings (SSSR count). The molecule has 0 saturated carbocycles. The highest BCUT2D eigenvalue weighted by Crippen LogP contribution is 2.29. The lowest BCUT2D eigenvalue weighted by atomic mass is 10.1. The van der Waals surface area contributed by atoms with Crippen LogP contribution in [0.15, 0.2) is 18.2 Å². The van der Waals surface area contributed by atoms with Gasteiger partial charge >= 0.3 is 5.97 Å². The number of phenolic OH excluding ortho intramolecular Hbond substituents is 1. The molecule has 0 unspecified atom stereocenters. The highest BCUT2D eigenvalue weighted by molar-refractivity contribution is 14.1. The summed E-state index contributed by atoms with van der Waals surface area (Å²) in [7, 11) is 0. The quantitative estimate of drug-likeness (QED) is 0.646. The molecule has 1 aromatic carbocycles. The molecule has 0 radical (unpaired) electrons. The summed E-state index contributed by atoms with van der Waals surface area (Å²) in [4.78, 5) is 11.7. The molecular formula is C11H10IN3O3. The minimum atomic E-state index is -0.541. The molecule has 2 N–H and O–H groups in total. The number of carbonyl (C=O) groups is 1. The number of rotatable bonds is 3. The maximum absolute atomic E-state index is 11.7. The summed E-state index contributed by atoms with van der Waals surface area (Å²) < 4.78 is 5.74. The summed E-state index contributed by atoms with van der Waals surface area (Å²) in [6.07, 6.45) is 0. The minimum absolute atomic E-state index is 0.100. The van der Waals surface area contributed by atoms with Crippen LogP contribution in [0.5, 0.6) is 5.75 Å². The number of benzene rings is 1. The van der Waals surface area contributed by atoms with Crippen LogP contribution >= 0.6 is 22.6 Å². The van der Waals surface area contributed by atoms with E-state index in [9.17, 15) is 9.90 Å². The molecule has 1 heterocycles. The number of esters is 1. The number of hydrogen-bond acceptors (Lipinski definition) is 5. The highest BCUT2D eigenvalue weighted by atomic mass is 127.